The maximum atomic E-state index is 10.2. The van der Waals surface area contributed by atoms with E-state index in [0.29, 0.717) is 0 Å². The van der Waals surface area contributed by atoms with Crippen molar-refractivity contribution in [3.05, 3.63) is 0 Å². The van der Waals surface area contributed by atoms with Gasteiger partial charge in [0, 0.05) is 0 Å². The SMILES string of the molecule is C.O.O.O.O1[As]2O[As]3O[As]1O[As](O2)O3.O=[As](O)(O)O.O=[As]([O-])(O)O.O=[As]([O-])([O-])O.O=[As]([O-])([O-])O.O=[As][O-].O[As](O)O.[H+].[Na+].[Na+].[Na+].[Na+].[O-][As](O)O.[O-][As](O)O[As]([O-])O[As](O)O.[O-][As]([O-])O.[O-][As]([O-])O.[OH-]. The van der Waals surface area contributed by atoms with Gasteiger partial charge in [-0.05, 0) is 0 Å². The van der Waals surface area contributed by atoms with E-state index < -0.39 is 247 Å². The van der Waals surface area contributed by atoms with Crippen molar-refractivity contribution in [3.63, 3.8) is 0 Å². The zero-order valence-electron chi connectivity index (χ0n) is 32.3. The van der Waals surface area contributed by atoms with E-state index in [1.165, 1.54) is 0 Å². The van der Waals surface area contributed by atoms with E-state index in [0.717, 1.165) is 0 Å². The summed E-state index contributed by atoms with van der Waals surface area (Å²) < 4.78 is 323. The molecular weight excluding hydrogens is 2050 g/mol. The van der Waals surface area contributed by atoms with E-state index in [9.17, 15) is 8.19 Å². The van der Waals surface area contributed by atoms with E-state index in [1.54, 1.807) is 0 Å². The van der Waals surface area contributed by atoms with Crippen LogP contribution in [0.2, 0.25) is 0 Å². The molecule has 0 saturated carbocycles. The second kappa shape index (κ2) is 77.3. The third kappa shape index (κ3) is 242. The van der Waals surface area contributed by atoms with E-state index in [4.69, 9.17) is 150 Å². The van der Waals surface area contributed by atoms with Gasteiger partial charge in [0.2, 0.25) is 0 Å². The van der Waals surface area contributed by atoms with Gasteiger partial charge in [-0.15, -0.1) is 0 Å². The fraction of sp³-hybridized carbons (Fsp3) is 1.00. The van der Waals surface area contributed by atoms with Gasteiger partial charge in [-0.2, -0.15) is 0 Å². The van der Waals surface area contributed by atoms with Crippen LogP contribution < -0.4 is 171 Å². The Morgan fingerprint density at radius 3 is 0.676 bits per heavy atom. The second-order valence-corrected chi connectivity index (χ2v) is 41.6. The van der Waals surface area contributed by atoms with Crippen LogP contribution in [0.25, 0.3) is 0 Å². The minimum absolute atomic E-state index is 0. The van der Waals surface area contributed by atoms with Crippen molar-refractivity contribution >= 4 is 247 Å². The fourth-order valence-electron chi connectivity index (χ4n) is 0.637. The molecule has 0 aliphatic carbocycles. The van der Waals surface area contributed by atoms with Gasteiger partial charge >= 0.3 is 529 Å². The molecular formula is CH29As16Na4O47-9. The summed E-state index contributed by atoms with van der Waals surface area (Å²) in [4.78, 5) is 0. The van der Waals surface area contributed by atoms with E-state index in [-0.39, 0.29) is 149 Å². The van der Waals surface area contributed by atoms with Crippen molar-refractivity contribution in [3.8, 4) is 0 Å². The van der Waals surface area contributed by atoms with Crippen LogP contribution >= 0.6 is 0 Å². The first-order valence-electron chi connectivity index (χ1n) is 9.61. The molecule has 24 N–H and O–H groups in total. The summed E-state index contributed by atoms with van der Waals surface area (Å²) in [6, 6.07) is 0. The van der Waals surface area contributed by atoms with Crippen LogP contribution in [0.1, 0.15) is 8.85 Å². The molecule has 0 aromatic heterocycles. The quantitative estimate of drug-likeness (QED) is 0.116. The van der Waals surface area contributed by atoms with Crippen LogP contribution in [0.3, 0.4) is 0 Å². The fourth-order valence-corrected chi connectivity index (χ4v) is 39.2. The molecule has 4 aliphatic heterocycles. The van der Waals surface area contributed by atoms with Gasteiger partial charge in [0.1, 0.15) is 0 Å². The molecule has 67 heteroatoms. The Hall–Kier alpha value is 10.3. The summed E-state index contributed by atoms with van der Waals surface area (Å²) in [7, 11) is 0. The van der Waals surface area contributed by atoms with E-state index in [2.05, 4.69) is 5.43 Å². The van der Waals surface area contributed by atoms with Gasteiger partial charge < -0.3 is 21.9 Å². The van der Waals surface area contributed by atoms with Crippen LogP contribution in [0, 0.1) is 0 Å². The van der Waals surface area contributed by atoms with Gasteiger partial charge in [-0.1, -0.05) is 7.43 Å². The first-order valence-corrected chi connectivity index (χ1v) is 49.9. The van der Waals surface area contributed by atoms with Crippen LogP contribution in [-0.4, -0.2) is 338 Å². The van der Waals surface area contributed by atoms with Crippen molar-refractivity contribution in [2.75, 3.05) is 0 Å². The molecule has 0 aromatic carbocycles. The standard InChI is InChI=1S/CH4.As4O6.As3H3O7.4AsH3O4.AsH3O3.AsH2O3.2AsHO3.AsHO2.4Na.4H2O/c;5-1-6-3-8-2(5)9-4(7-1)10-3;4-1(5)9-3(8)10-2(6)7;4*2-1(3,4)5;4*2-1(3)4;2-1-3;;;;;;;;/h1H4;;4-6H;4*(H3,2,3,4,5);2-4H;2-3H;2*2H;(H,2,3);;;;;4*1H2/q;;-2;;;;;;-1;2*-2;;4*+1;;;;/p-6. The van der Waals surface area contributed by atoms with Crippen LogP contribution in [0.15, 0.2) is 0 Å². The maximum absolute atomic E-state index is 10.2. The third-order valence-corrected chi connectivity index (χ3v) is 29.1. The van der Waals surface area contributed by atoms with Gasteiger partial charge in [-0.25, -0.2) is 0 Å². The summed E-state index contributed by atoms with van der Waals surface area (Å²) in [5.74, 6) is 0. The van der Waals surface area contributed by atoms with Crippen LogP contribution in [0.5, 0.6) is 0 Å². The number of hydrogen-bond donors (Lipinski definition) is 17. The van der Waals surface area contributed by atoms with Crippen LogP contribution in [0.4, 0.5) is 0 Å². The Balaban J connectivity index is -0.0000000262. The molecule has 4 rings (SSSR count). The topological polar surface area (TPSA) is 927 Å². The molecule has 2 atom stereocenters. The molecule has 0 radical (unpaired) electrons. The predicted molar refractivity (Wildman–Crippen MR) is 163 cm³/mol. The summed E-state index contributed by atoms with van der Waals surface area (Å²) in [5.41, 5.74) is 0. The van der Waals surface area contributed by atoms with E-state index >= 15 is 0 Å². The monoisotopic (exact) mass is 2080 g/mol. The second-order valence-electron chi connectivity index (χ2n) is 5.27. The normalized spacial score (nSPS) is 16.9. The molecule has 4 aliphatic rings. The average Bonchev–Trinajstić information content (AvgIpc) is 2.82. The zero-order valence-corrected chi connectivity index (χ0v) is 69.3. The Morgan fingerprint density at radius 2 is 0.603 bits per heavy atom. The minimum atomic E-state index is -5.62. The zero-order chi connectivity index (χ0) is 49.7. The third-order valence-electron chi connectivity index (χ3n) is 1.08. The Labute approximate surface area is 548 Å². The molecule has 408 valence electrons. The molecule has 47 nitrogen and oxygen atoms in total. The minimum Gasteiger partial charge on any atom is -0.870 e. The van der Waals surface area contributed by atoms with Gasteiger partial charge in [-0.3, -0.25) is 0 Å². The molecule has 0 aromatic rings. The molecule has 2 unspecified atom stereocenters. The van der Waals surface area contributed by atoms with Gasteiger partial charge in [0.05, 0.1) is 0 Å². The van der Waals surface area contributed by atoms with Gasteiger partial charge in [0.25, 0.3) is 0 Å². The first kappa shape index (κ1) is 124. The molecule has 4 bridgehead atoms. The van der Waals surface area contributed by atoms with Crippen molar-refractivity contribution in [1.82, 2.24) is 0 Å². The largest absolute Gasteiger partial charge is 0.870 e. The number of hydrogen-bond acceptors (Lipinski definition) is 37. The smallest absolute Gasteiger partial charge is 0.870 e. The molecule has 4 heterocycles. The maximum Gasteiger partial charge on any atom is -0.870 e. The molecule has 4 saturated heterocycles. The molecule has 0 spiro atoms. The first-order chi connectivity index (χ1) is 25.8. The summed E-state index contributed by atoms with van der Waals surface area (Å²) in [6.07, 6.45) is 0. The van der Waals surface area contributed by atoms with Crippen molar-refractivity contribution in [1.29, 1.82) is 0 Å². The van der Waals surface area contributed by atoms with Gasteiger partial charge in [0.15, 0.2) is 0 Å². The van der Waals surface area contributed by atoms with Crippen LogP contribution in [-0.2, 0) is 40.4 Å². The average molecular weight is 2080 g/mol. The molecule has 0 amide bonds. The Morgan fingerprint density at radius 1 is 0.500 bits per heavy atom. The Kier molecular flexibility index (Phi) is 141. The van der Waals surface area contributed by atoms with Crippen molar-refractivity contribution in [2.24, 2.45) is 0 Å². The molecule has 4 fully saturated rings. The van der Waals surface area contributed by atoms with E-state index in [1.807, 2.05) is 0 Å². The Bertz CT molecular complexity index is 884. The summed E-state index contributed by atoms with van der Waals surface area (Å²) >= 11 is -55.5. The van der Waals surface area contributed by atoms with Crippen molar-refractivity contribution in [2.45, 2.75) is 7.43 Å². The van der Waals surface area contributed by atoms with Crippen molar-refractivity contribution < 1.29 is 305 Å². The predicted octanol–water partition coefficient (Wildman–Crippen LogP) is -46.0. The summed E-state index contributed by atoms with van der Waals surface area (Å²) in [5, 5.41) is 0. The molecule has 68 heavy (non-hydrogen) atoms. The number of rotatable bonds is 4. The summed E-state index contributed by atoms with van der Waals surface area (Å²) in [6.45, 7) is 0.